The van der Waals surface area contributed by atoms with Crippen LogP contribution in [0.4, 0.5) is 10.6 Å². The van der Waals surface area contributed by atoms with Gasteiger partial charge in [-0.25, -0.2) is 4.79 Å². The molecule has 1 atom stereocenters. The molecule has 0 saturated heterocycles. The van der Waals surface area contributed by atoms with Crippen molar-refractivity contribution in [2.45, 2.75) is 39.7 Å². The zero-order chi connectivity index (χ0) is 14.4. The number of H-pyrrole nitrogens is 1. The lowest BCUT2D eigenvalue weighted by Gasteiger charge is -2.19. The fourth-order valence-corrected chi connectivity index (χ4v) is 1.72. The van der Waals surface area contributed by atoms with Gasteiger partial charge >= 0.3 is 6.03 Å². The van der Waals surface area contributed by atoms with Gasteiger partial charge in [-0.3, -0.25) is 9.89 Å². The highest BCUT2D eigenvalue weighted by molar-refractivity contribution is 5.96. The Labute approximate surface area is 112 Å². The van der Waals surface area contributed by atoms with Gasteiger partial charge in [0, 0.05) is 11.8 Å². The van der Waals surface area contributed by atoms with Gasteiger partial charge in [-0.15, -0.1) is 0 Å². The van der Waals surface area contributed by atoms with Crippen molar-refractivity contribution in [3.05, 3.63) is 11.8 Å². The number of aryl methyl sites for hydroxylation is 1. The summed E-state index contributed by atoms with van der Waals surface area (Å²) in [6.07, 6.45) is 1.86. The van der Waals surface area contributed by atoms with Crippen molar-refractivity contribution < 1.29 is 9.59 Å². The van der Waals surface area contributed by atoms with Crippen LogP contribution >= 0.6 is 0 Å². The summed E-state index contributed by atoms with van der Waals surface area (Å²) in [4.78, 5) is 22.9. The average Bonchev–Trinajstić information content (AvgIpc) is 2.73. The van der Waals surface area contributed by atoms with Crippen LogP contribution < -0.4 is 16.4 Å². The predicted molar refractivity (Wildman–Crippen MR) is 72.6 cm³/mol. The summed E-state index contributed by atoms with van der Waals surface area (Å²) in [6.45, 7) is 5.71. The standard InChI is InChI=1S/C12H21N5O2/c1-4-5-8-6-9(17-16-8)14-11(18)10(7(2)3)15-12(13)19/h6-7,10H,4-5H2,1-3H3,(H3,13,15,19)(H2,14,16,17,18). The lowest BCUT2D eigenvalue weighted by Crippen LogP contribution is -2.49. The van der Waals surface area contributed by atoms with E-state index < -0.39 is 12.1 Å². The van der Waals surface area contributed by atoms with Gasteiger partial charge in [0.2, 0.25) is 5.91 Å². The molecule has 0 radical (unpaired) electrons. The minimum atomic E-state index is -0.720. The first kappa shape index (κ1) is 15.0. The Morgan fingerprint density at radius 2 is 2.16 bits per heavy atom. The number of nitrogens with zero attached hydrogens (tertiary/aromatic N) is 1. The Kier molecular flexibility index (Phi) is 5.35. The van der Waals surface area contributed by atoms with Crippen molar-refractivity contribution in [2.24, 2.45) is 11.7 Å². The second-order valence-electron chi connectivity index (χ2n) is 4.75. The van der Waals surface area contributed by atoms with E-state index in [-0.39, 0.29) is 11.8 Å². The van der Waals surface area contributed by atoms with Crippen LogP contribution in [-0.4, -0.2) is 28.2 Å². The van der Waals surface area contributed by atoms with Gasteiger partial charge in [-0.05, 0) is 12.3 Å². The Morgan fingerprint density at radius 3 is 2.68 bits per heavy atom. The van der Waals surface area contributed by atoms with Gasteiger partial charge in [-0.1, -0.05) is 27.2 Å². The van der Waals surface area contributed by atoms with E-state index in [1.165, 1.54) is 0 Å². The zero-order valence-corrected chi connectivity index (χ0v) is 11.5. The second kappa shape index (κ2) is 6.77. The highest BCUT2D eigenvalue weighted by Crippen LogP contribution is 2.10. The topological polar surface area (TPSA) is 113 Å². The maximum atomic E-state index is 12.0. The first-order valence-corrected chi connectivity index (χ1v) is 6.35. The molecule has 7 nitrogen and oxygen atoms in total. The lowest BCUT2D eigenvalue weighted by molar-refractivity contribution is -0.118. The maximum absolute atomic E-state index is 12.0. The Morgan fingerprint density at radius 1 is 1.47 bits per heavy atom. The largest absolute Gasteiger partial charge is 0.352 e. The van der Waals surface area contributed by atoms with Gasteiger partial charge in [0.15, 0.2) is 5.82 Å². The van der Waals surface area contributed by atoms with Crippen LogP contribution in [0.2, 0.25) is 0 Å². The highest BCUT2D eigenvalue weighted by Gasteiger charge is 2.23. The van der Waals surface area contributed by atoms with Gasteiger partial charge in [0.05, 0.1) is 0 Å². The summed E-state index contributed by atoms with van der Waals surface area (Å²) in [5.74, 6) is 0.0512. The number of hydrogen-bond acceptors (Lipinski definition) is 3. The third-order valence-corrected chi connectivity index (χ3v) is 2.65. The molecule has 0 spiro atoms. The fraction of sp³-hybridized carbons (Fsp3) is 0.583. The van der Waals surface area contributed by atoms with E-state index in [4.69, 9.17) is 5.73 Å². The molecule has 0 aliphatic carbocycles. The molecule has 1 unspecified atom stereocenters. The number of primary amides is 1. The lowest BCUT2D eigenvalue weighted by atomic mass is 10.0. The number of aromatic amines is 1. The van der Waals surface area contributed by atoms with Crippen LogP contribution in [0.15, 0.2) is 6.07 Å². The van der Waals surface area contributed by atoms with Crippen molar-refractivity contribution in [2.75, 3.05) is 5.32 Å². The molecule has 7 heteroatoms. The van der Waals surface area contributed by atoms with Gasteiger partial charge in [-0.2, -0.15) is 5.10 Å². The van der Waals surface area contributed by atoms with E-state index >= 15 is 0 Å². The van der Waals surface area contributed by atoms with Gasteiger partial charge in [0.1, 0.15) is 6.04 Å². The van der Waals surface area contributed by atoms with Crippen molar-refractivity contribution in [3.8, 4) is 0 Å². The van der Waals surface area contributed by atoms with Gasteiger partial charge < -0.3 is 16.4 Å². The number of amides is 3. The maximum Gasteiger partial charge on any atom is 0.312 e. The van der Waals surface area contributed by atoms with E-state index in [2.05, 4.69) is 27.8 Å². The molecule has 0 aliphatic heterocycles. The number of urea groups is 1. The van der Waals surface area contributed by atoms with Crippen molar-refractivity contribution >= 4 is 17.8 Å². The zero-order valence-electron chi connectivity index (χ0n) is 11.5. The number of carbonyl (C=O) groups is 2. The number of carbonyl (C=O) groups excluding carboxylic acids is 2. The summed E-state index contributed by atoms with van der Waals surface area (Å²) in [5, 5.41) is 11.9. The van der Waals surface area contributed by atoms with Crippen molar-refractivity contribution in [1.82, 2.24) is 15.5 Å². The molecule has 1 rings (SSSR count). The fourth-order valence-electron chi connectivity index (χ4n) is 1.72. The van der Waals surface area contributed by atoms with E-state index in [9.17, 15) is 9.59 Å². The molecule has 1 heterocycles. The molecule has 0 aliphatic rings. The Hall–Kier alpha value is -2.05. The van der Waals surface area contributed by atoms with Crippen molar-refractivity contribution in [1.29, 1.82) is 0 Å². The molecular weight excluding hydrogens is 246 g/mol. The molecule has 19 heavy (non-hydrogen) atoms. The average molecular weight is 267 g/mol. The third-order valence-electron chi connectivity index (χ3n) is 2.65. The molecule has 5 N–H and O–H groups in total. The van der Waals surface area contributed by atoms with Crippen molar-refractivity contribution in [3.63, 3.8) is 0 Å². The number of nitrogens with two attached hydrogens (primary N) is 1. The molecule has 1 aromatic rings. The first-order valence-electron chi connectivity index (χ1n) is 6.35. The quantitative estimate of drug-likeness (QED) is 0.616. The summed E-state index contributed by atoms with van der Waals surface area (Å²) in [6, 6.07) is 0.384. The summed E-state index contributed by atoms with van der Waals surface area (Å²) in [7, 11) is 0. The molecular formula is C12H21N5O2. The van der Waals surface area contributed by atoms with Crippen LogP contribution in [0.25, 0.3) is 0 Å². The normalized spacial score (nSPS) is 12.2. The van der Waals surface area contributed by atoms with E-state index in [0.29, 0.717) is 5.82 Å². The number of rotatable bonds is 6. The Balaban J connectivity index is 2.67. The van der Waals surface area contributed by atoms with E-state index in [1.54, 1.807) is 6.07 Å². The molecule has 1 aromatic heterocycles. The number of aromatic nitrogens is 2. The molecule has 3 amide bonds. The molecule has 106 valence electrons. The summed E-state index contributed by atoms with van der Waals surface area (Å²) in [5.41, 5.74) is 6.01. The highest BCUT2D eigenvalue weighted by atomic mass is 16.2. The summed E-state index contributed by atoms with van der Waals surface area (Å²) < 4.78 is 0. The minimum Gasteiger partial charge on any atom is -0.352 e. The SMILES string of the molecule is CCCc1cc(NC(=O)C(NC(N)=O)C(C)C)n[nH]1. The smallest absolute Gasteiger partial charge is 0.312 e. The number of nitrogens with one attached hydrogen (secondary N) is 3. The molecule has 0 saturated carbocycles. The Bertz CT molecular complexity index is 441. The molecule has 0 aromatic carbocycles. The second-order valence-corrected chi connectivity index (χ2v) is 4.75. The van der Waals surface area contributed by atoms with Crippen LogP contribution in [-0.2, 0) is 11.2 Å². The van der Waals surface area contributed by atoms with E-state index in [1.807, 2.05) is 13.8 Å². The first-order chi connectivity index (χ1) is 8.93. The van der Waals surface area contributed by atoms with Crippen LogP contribution in [0.3, 0.4) is 0 Å². The third kappa shape index (κ3) is 4.61. The molecule has 0 bridgehead atoms. The van der Waals surface area contributed by atoms with Gasteiger partial charge in [0.25, 0.3) is 0 Å². The monoisotopic (exact) mass is 267 g/mol. The van der Waals surface area contributed by atoms with Crippen LogP contribution in [0.5, 0.6) is 0 Å². The van der Waals surface area contributed by atoms with Crippen LogP contribution in [0, 0.1) is 5.92 Å². The van der Waals surface area contributed by atoms with Crippen LogP contribution in [0.1, 0.15) is 32.9 Å². The number of anilines is 1. The number of hydrogen-bond donors (Lipinski definition) is 4. The van der Waals surface area contributed by atoms with E-state index in [0.717, 1.165) is 18.5 Å². The summed E-state index contributed by atoms with van der Waals surface area (Å²) >= 11 is 0. The predicted octanol–water partition coefficient (Wildman–Crippen LogP) is 0.994. The minimum absolute atomic E-state index is 0.0680. The molecule has 0 fully saturated rings.